The average molecular weight is 421 g/mol. The maximum Gasteiger partial charge on any atom is 0.341 e. The quantitative estimate of drug-likeness (QED) is 0.422. The molecule has 0 radical (unpaired) electrons. The van der Waals surface area contributed by atoms with Crippen molar-refractivity contribution in [1.29, 1.82) is 0 Å². The normalized spacial score (nSPS) is 11.2. The van der Waals surface area contributed by atoms with Crippen LogP contribution >= 0.6 is 11.8 Å². The molecule has 0 saturated carbocycles. The third-order valence-corrected chi connectivity index (χ3v) is 5.22. The van der Waals surface area contributed by atoms with E-state index >= 15 is 0 Å². The zero-order valence-corrected chi connectivity index (χ0v) is 17.6. The highest BCUT2D eigenvalue weighted by atomic mass is 32.2. The van der Waals surface area contributed by atoms with Crippen LogP contribution in [0.4, 0.5) is 0 Å². The van der Waals surface area contributed by atoms with Crippen LogP contribution in [0.5, 0.6) is 11.5 Å². The van der Waals surface area contributed by atoms with Crippen molar-refractivity contribution in [3.05, 3.63) is 96.1 Å². The summed E-state index contributed by atoms with van der Waals surface area (Å²) >= 11 is 1.71. The molecule has 4 nitrogen and oxygen atoms in total. The van der Waals surface area contributed by atoms with Crippen molar-refractivity contribution < 1.29 is 19.4 Å². The highest BCUT2D eigenvalue weighted by Gasteiger charge is 2.06. The van der Waals surface area contributed by atoms with E-state index in [0.29, 0.717) is 12.4 Å². The van der Waals surface area contributed by atoms with E-state index in [1.54, 1.807) is 23.9 Å². The van der Waals surface area contributed by atoms with Gasteiger partial charge >= 0.3 is 5.97 Å². The largest absolute Gasteiger partial charge is 0.494 e. The number of hydrogen-bond acceptors (Lipinski definition) is 4. The van der Waals surface area contributed by atoms with Gasteiger partial charge in [-0.1, -0.05) is 48.5 Å². The van der Waals surface area contributed by atoms with Gasteiger partial charge in [-0.3, -0.25) is 0 Å². The first-order valence-electron chi connectivity index (χ1n) is 9.72. The lowest BCUT2D eigenvalue weighted by Crippen LogP contribution is -2.09. The molecule has 0 aliphatic rings. The van der Waals surface area contributed by atoms with Gasteiger partial charge in [0.05, 0.1) is 6.61 Å². The van der Waals surface area contributed by atoms with Crippen LogP contribution in [0, 0.1) is 0 Å². The molecule has 0 fully saturated rings. The standard InChI is InChI=1S/C25H24O4S/c1-2-28-21-10-8-20(9-11-21)24(19-6-4-3-5-7-19)16-17-30-23-14-12-22(13-15-23)29-18-25(26)27/h3-16H,2,17-18H2,1H3,(H,26,27). The molecule has 0 heterocycles. The molecule has 0 amide bonds. The Bertz CT molecular complexity index is 964. The molecule has 154 valence electrons. The summed E-state index contributed by atoms with van der Waals surface area (Å²) in [6.45, 7) is 2.29. The minimum absolute atomic E-state index is 0.336. The van der Waals surface area contributed by atoms with Crippen molar-refractivity contribution in [1.82, 2.24) is 0 Å². The fourth-order valence-electron chi connectivity index (χ4n) is 2.92. The SMILES string of the molecule is CCOc1ccc(C(=CCSc2ccc(OCC(=O)O)cc2)c2ccccc2)cc1. The van der Waals surface area contributed by atoms with Gasteiger partial charge in [0.2, 0.25) is 0 Å². The van der Waals surface area contributed by atoms with Gasteiger partial charge in [-0.2, -0.15) is 0 Å². The van der Waals surface area contributed by atoms with Gasteiger partial charge in [-0.15, -0.1) is 11.8 Å². The van der Waals surface area contributed by atoms with Crippen LogP contribution in [0.15, 0.2) is 89.8 Å². The topological polar surface area (TPSA) is 55.8 Å². The summed E-state index contributed by atoms with van der Waals surface area (Å²) in [5.41, 5.74) is 3.48. The van der Waals surface area contributed by atoms with Crippen LogP contribution in [-0.2, 0) is 4.79 Å². The molecule has 3 aromatic carbocycles. The van der Waals surface area contributed by atoms with Crippen molar-refractivity contribution in [3.8, 4) is 11.5 Å². The number of carbonyl (C=O) groups is 1. The second-order valence-electron chi connectivity index (χ2n) is 6.41. The van der Waals surface area contributed by atoms with Crippen molar-refractivity contribution in [3.63, 3.8) is 0 Å². The van der Waals surface area contributed by atoms with Crippen LogP contribution in [-0.4, -0.2) is 30.0 Å². The number of ether oxygens (including phenoxy) is 2. The first-order valence-corrected chi connectivity index (χ1v) is 10.7. The molecule has 0 aliphatic heterocycles. The van der Waals surface area contributed by atoms with Gasteiger partial charge in [-0.05, 0) is 60.0 Å². The predicted octanol–water partition coefficient (Wildman–Crippen LogP) is 5.77. The minimum atomic E-state index is -0.985. The molecule has 0 spiro atoms. The molecular formula is C25H24O4S. The zero-order chi connectivity index (χ0) is 21.2. The molecular weight excluding hydrogens is 396 g/mol. The van der Waals surface area contributed by atoms with E-state index in [1.807, 2.05) is 49.4 Å². The molecule has 0 bridgehead atoms. The lowest BCUT2D eigenvalue weighted by Gasteiger charge is -2.10. The summed E-state index contributed by atoms with van der Waals surface area (Å²) in [6.07, 6.45) is 2.23. The van der Waals surface area contributed by atoms with E-state index in [1.165, 1.54) is 11.1 Å². The lowest BCUT2D eigenvalue weighted by molar-refractivity contribution is -0.139. The third kappa shape index (κ3) is 6.42. The molecule has 0 saturated heterocycles. The number of thioether (sulfide) groups is 1. The van der Waals surface area contributed by atoms with Crippen molar-refractivity contribution in [2.45, 2.75) is 11.8 Å². The average Bonchev–Trinajstić information content (AvgIpc) is 2.78. The summed E-state index contributed by atoms with van der Waals surface area (Å²) in [5.74, 6) is 1.23. The van der Waals surface area contributed by atoms with E-state index in [0.717, 1.165) is 22.0 Å². The predicted molar refractivity (Wildman–Crippen MR) is 121 cm³/mol. The van der Waals surface area contributed by atoms with Gasteiger partial charge in [0.1, 0.15) is 11.5 Å². The fourth-order valence-corrected chi connectivity index (χ4v) is 3.69. The Hall–Kier alpha value is -3.18. The Kier molecular flexibility index (Phi) is 7.98. The van der Waals surface area contributed by atoms with E-state index in [9.17, 15) is 4.79 Å². The number of benzene rings is 3. The van der Waals surface area contributed by atoms with Gasteiger partial charge < -0.3 is 14.6 Å². The molecule has 0 aliphatic carbocycles. The van der Waals surface area contributed by atoms with Gasteiger partial charge in [0.25, 0.3) is 0 Å². The molecule has 5 heteroatoms. The van der Waals surface area contributed by atoms with E-state index in [-0.39, 0.29) is 6.61 Å². The van der Waals surface area contributed by atoms with Gasteiger partial charge in [0.15, 0.2) is 6.61 Å². The second kappa shape index (κ2) is 11.1. The van der Waals surface area contributed by atoms with Crippen molar-refractivity contribution >= 4 is 23.3 Å². The smallest absolute Gasteiger partial charge is 0.341 e. The van der Waals surface area contributed by atoms with E-state index in [4.69, 9.17) is 14.6 Å². The number of aliphatic carboxylic acids is 1. The summed E-state index contributed by atoms with van der Waals surface area (Å²) in [5, 5.41) is 8.68. The van der Waals surface area contributed by atoms with Crippen LogP contribution in [0.25, 0.3) is 5.57 Å². The van der Waals surface area contributed by atoms with Gasteiger partial charge in [-0.25, -0.2) is 4.79 Å². The van der Waals surface area contributed by atoms with Crippen LogP contribution < -0.4 is 9.47 Å². The van der Waals surface area contributed by atoms with E-state index in [2.05, 4.69) is 30.3 Å². The van der Waals surface area contributed by atoms with Crippen LogP contribution in [0.3, 0.4) is 0 Å². The maximum atomic E-state index is 10.6. The number of rotatable bonds is 10. The Morgan fingerprint density at radius 1 is 0.867 bits per heavy atom. The van der Waals surface area contributed by atoms with Crippen molar-refractivity contribution in [2.24, 2.45) is 0 Å². The number of hydrogen-bond donors (Lipinski definition) is 1. The molecule has 1 N–H and O–H groups in total. The Morgan fingerprint density at radius 2 is 1.47 bits per heavy atom. The van der Waals surface area contributed by atoms with Crippen LogP contribution in [0.2, 0.25) is 0 Å². The van der Waals surface area contributed by atoms with Crippen molar-refractivity contribution in [2.75, 3.05) is 19.0 Å². The summed E-state index contributed by atoms with van der Waals surface area (Å²) in [7, 11) is 0. The number of carboxylic acids is 1. The molecule has 3 rings (SSSR count). The molecule has 0 unspecified atom stereocenters. The highest BCUT2D eigenvalue weighted by Crippen LogP contribution is 2.28. The molecule has 3 aromatic rings. The van der Waals surface area contributed by atoms with E-state index < -0.39 is 5.97 Å². The Balaban J connectivity index is 1.72. The first kappa shape index (κ1) is 21.5. The zero-order valence-electron chi connectivity index (χ0n) is 16.8. The Morgan fingerprint density at radius 3 is 2.10 bits per heavy atom. The summed E-state index contributed by atoms with van der Waals surface area (Å²) < 4.78 is 10.7. The monoisotopic (exact) mass is 420 g/mol. The first-order chi connectivity index (χ1) is 14.7. The minimum Gasteiger partial charge on any atom is -0.494 e. The summed E-state index contributed by atoms with van der Waals surface area (Å²) in [4.78, 5) is 11.7. The Labute approximate surface area is 181 Å². The fraction of sp³-hybridized carbons (Fsp3) is 0.160. The summed E-state index contributed by atoms with van der Waals surface area (Å²) in [6, 6.07) is 26.0. The second-order valence-corrected chi connectivity index (χ2v) is 7.50. The van der Waals surface area contributed by atoms with Gasteiger partial charge in [0, 0.05) is 10.6 Å². The molecule has 30 heavy (non-hydrogen) atoms. The maximum absolute atomic E-state index is 10.6. The van der Waals surface area contributed by atoms with Crippen LogP contribution in [0.1, 0.15) is 18.1 Å². The molecule has 0 atom stereocenters. The third-order valence-electron chi connectivity index (χ3n) is 4.28. The molecule has 0 aromatic heterocycles. The number of carboxylic acid groups (broad SMARTS) is 1. The highest BCUT2D eigenvalue weighted by molar-refractivity contribution is 7.99. The lowest BCUT2D eigenvalue weighted by atomic mass is 9.98.